The van der Waals surface area contributed by atoms with Crippen molar-refractivity contribution in [3.05, 3.63) is 201 Å². The Morgan fingerprint density at radius 2 is 1.09 bits per heavy atom. The molecule has 9 rings (SSSR count). The molecule has 0 spiro atoms. The first-order chi connectivity index (χ1) is 35.6. The number of nitrogens with zero attached hydrogens (tertiary/aromatic N) is 2. The number of ether oxygens (including phenoxy) is 1. The average Bonchev–Trinajstić information content (AvgIpc) is 3.54. The number of aliphatic hydroxyl groups is 4. The van der Waals surface area contributed by atoms with Crippen LogP contribution < -0.4 is 0 Å². The molecule has 4 N–H and O–H groups in total. The van der Waals surface area contributed by atoms with E-state index in [4.69, 9.17) is 4.74 Å². The Labute approximate surface area is 432 Å². The van der Waals surface area contributed by atoms with Crippen LogP contribution in [0, 0.1) is 25.7 Å². The fraction of sp³-hybridized carbons (Fsp3) is 0.400. The molecule has 1 aliphatic heterocycles. The van der Waals surface area contributed by atoms with E-state index >= 15 is 0 Å². The predicted molar refractivity (Wildman–Crippen MR) is 270 cm³/mol. The summed E-state index contributed by atoms with van der Waals surface area (Å²) < 4.78 is 88.9. The van der Waals surface area contributed by atoms with E-state index < -0.39 is 78.7 Å². The van der Waals surface area contributed by atoms with Crippen LogP contribution in [0.2, 0.25) is 0 Å². The number of aliphatic hydroxyl groups excluding tert-OH is 2. The molecule has 3 aliphatic rings. The lowest BCUT2D eigenvalue weighted by Gasteiger charge is -2.50. The molecule has 0 unspecified atom stereocenters. The van der Waals surface area contributed by atoms with E-state index in [0.29, 0.717) is 35.1 Å². The van der Waals surface area contributed by atoms with Crippen LogP contribution in [-0.4, -0.2) is 78.7 Å². The summed E-state index contributed by atoms with van der Waals surface area (Å²) in [6.45, 7) is 3.00. The third-order valence-corrected chi connectivity index (χ3v) is 16.3. The lowest BCUT2D eigenvalue weighted by atomic mass is 9.56. The van der Waals surface area contributed by atoms with Crippen molar-refractivity contribution < 1.29 is 61.1 Å². The van der Waals surface area contributed by atoms with Crippen LogP contribution in [0.3, 0.4) is 0 Å². The summed E-state index contributed by atoms with van der Waals surface area (Å²) >= 11 is 0. The Hall–Kier alpha value is -6.10. The second-order valence-corrected chi connectivity index (χ2v) is 20.8. The Balaban J connectivity index is 0.000000199. The molecule has 9 nitrogen and oxygen atoms in total. The highest BCUT2D eigenvalue weighted by molar-refractivity contribution is 5.98. The summed E-state index contributed by atoms with van der Waals surface area (Å²) in [4.78, 5) is 34.7. The lowest BCUT2D eigenvalue weighted by Crippen LogP contribution is -2.56. The van der Waals surface area contributed by atoms with E-state index in [1.165, 1.54) is 0 Å². The summed E-state index contributed by atoms with van der Waals surface area (Å²) in [5, 5.41) is 41.8. The van der Waals surface area contributed by atoms with E-state index in [-0.39, 0.29) is 56.9 Å². The van der Waals surface area contributed by atoms with E-state index in [0.717, 1.165) is 44.8 Å². The number of halogens is 6. The second-order valence-electron chi connectivity index (χ2n) is 20.8. The van der Waals surface area contributed by atoms with Gasteiger partial charge in [0, 0.05) is 65.2 Å². The summed E-state index contributed by atoms with van der Waals surface area (Å²) in [5.41, 5.74) is 1.45. The Morgan fingerprint density at radius 3 is 1.60 bits per heavy atom. The molecule has 0 amide bonds. The topological polar surface area (TPSA) is 150 Å². The predicted octanol–water partition coefficient (Wildman–Crippen LogP) is 10.8. The first-order valence-electron chi connectivity index (χ1n) is 25.2. The van der Waals surface area contributed by atoms with Crippen LogP contribution in [-0.2, 0) is 54.5 Å². The van der Waals surface area contributed by atoms with Gasteiger partial charge in [-0.3, -0.25) is 19.6 Å². The van der Waals surface area contributed by atoms with Gasteiger partial charge in [-0.25, -0.2) is 0 Å². The standard InChI is InChI=1S/C30H32F3NO4.C30H30F3NO3/c1-20-22(8-5-13-34-20)15-27(37)23-9-10-26(24(14-23)18-35)28(16-21-6-3-2-4-7-21)11-12-29(38,30(31,32)33)17-25(28)19-36;1-20-22(8-5-13-34-20)15-27(35)23-9-10-26-24(14-23)18-37-19-25-17-29(36,30(31,32)33)12-11-28(25,26)16-21-6-3-2-4-7-21/h2-10,13-14,25,35-36,38H,11-12,15-19H2,1H3;2-10,13-14,25,36H,11-12,15-19H2,1H3/t2*25-,28-,29+/m00/s1. The molecule has 2 fully saturated rings. The number of fused-ring (bicyclic) bond motifs is 3. The van der Waals surface area contributed by atoms with Crippen LogP contribution in [0.25, 0.3) is 0 Å². The van der Waals surface area contributed by atoms with Gasteiger partial charge in [0.25, 0.3) is 0 Å². The first-order valence-corrected chi connectivity index (χ1v) is 25.2. The van der Waals surface area contributed by atoms with Gasteiger partial charge in [-0.05, 0) is 146 Å². The summed E-state index contributed by atoms with van der Waals surface area (Å²) in [6.07, 6.45) is -6.90. The molecule has 2 aromatic heterocycles. The van der Waals surface area contributed by atoms with Crippen LogP contribution in [0.5, 0.6) is 0 Å². The first kappa shape index (κ1) is 55.1. The highest BCUT2D eigenvalue weighted by atomic mass is 19.4. The fourth-order valence-electron chi connectivity index (χ4n) is 12.0. The van der Waals surface area contributed by atoms with Crippen LogP contribution in [0.15, 0.2) is 134 Å². The van der Waals surface area contributed by atoms with Crippen LogP contribution in [0.1, 0.15) is 115 Å². The maximum atomic E-state index is 13.8. The molecule has 75 heavy (non-hydrogen) atoms. The van der Waals surface area contributed by atoms with Crippen LogP contribution >= 0.6 is 0 Å². The number of hydrogen-bond acceptors (Lipinski definition) is 9. The average molecular weight is 1040 g/mol. The molecule has 3 heterocycles. The van der Waals surface area contributed by atoms with E-state index in [9.17, 15) is 56.4 Å². The Morgan fingerprint density at radius 1 is 0.600 bits per heavy atom. The number of rotatable bonds is 13. The molecule has 0 radical (unpaired) electrons. The van der Waals surface area contributed by atoms with Gasteiger partial charge in [0.05, 0.1) is 19.8 Å². The zero-order chi connectivity index (χ0) is 53.8. The van der Waals surface area contributed by atoms with Gasteiger partial charge in [0.15, 0.2) is 22.8 Å². The van der Waals surface area contributed by atoms with Gasteiger partial charge in [0.2, 0.25) is 0 Å². The van der Waals surface area contributed by atoms with Crippen molar-refractivity contribution >= 4 is 11.6 Å². The molecule has 4 aromatic carbocycles. The molecule has 2 saturated carbocycles. The van der Waals surface area contributed by atoms with Crippen LogP contribution in [0.4, 0.5) is 26.3 Å². The zero-order valence-corrected chi connectivity index (χ0v) is 41.9. The quantitative estimate of drug-likeness (QED) is 0.0655. The van der Waals surface area contributed by atoms with Crippen molar-refractivity contribution in [3.63, 3.8) is 0 Å². The van der Waals surface area contributed by atoms with Crippen molar-refractivity contribution in [1.29, 1.82) is 0 Å². The number of benzene rings is 4. The molecule has 396 valence electrons. The minimum atomic E-state index is -4.83. The van der Waals surface area contributed by atoms with Gasteiger partial charge < -0.3 is 25.2 Å². The Kier molecular flexibility index (Phi) is 16.3. The number of ketones is 2. The van der Waals surface area contributed by atoms with Gasteiger partial charge in [-0.15, -0.1) is 0 Å². The van der Waals surface area contributed by atoms with Crippen molar-refractivity contribution in [1.82, 2.24) is 9.97 Å². The monoisotopic (exact) mass is 1040 g/mol. The van der Waals surface area contributed by atoms with E-state index in [1.807, 2.05) is 98.8 Å². The van der Waals surface area contributed by atoms with Gasteiger partial charge in [-0.1, -0.05) is 97.1 Å². The number of aryl methyl sites for hydroxylation is 2. The molecule has 2 aliphatic carbocycles. The largest absolute Gasteiger partial charge is 0.417 e. The molecular formula is C60H62F6N2O7. The zero-order valence-electron chi connectivity index (χ0n) is 41.9. The molecule has 15 heteroatoms. The molecule has 0 saturated heterocycles. The van der Waals surface area contributed by atoms with Crippen molar-refractivity contribution in [2.75, 3.05) is 13.2 Å². The number of carbonyl (C=O) groups excluding carboxylic acids is 2. The number of carbonyl (C=O) groups is 2. The maximum absolute atomic E-state index is 13.8. The number of pyridine rings is 2. The minimum absolute atomic E-state index is 0.0492. The highest BCUT2D eigenvalue weighted by Crippen LogP contribution is 2.56. The lowest BCUT2D eigenvalue weighted by molar-refractivity contribution is -0.280. The molecular weight excluding hydrogens is 975 g/mol. The summed E-state index contributed by atoms with van der Waals surface area (Å²) in [7, 11) is 0. The fourth-order valence-corrected chi connectivity index (χ4v) is 12.0. The van der Waals surface area contributed by atoms with E-state index in [2.05, 4.69) is 9.97 Å². The normalized spacial score (nSPS) is 24.7. The number of alkyl halides is 6. The Bertz CT molecular complexity index is 2970. The van der Waals surface area contributed by atoms with E-state index in [1.54, 1.807) is 48.8 Å². The molecule has 6 aromatic rings. The third kappa shape index (κ3) is 11.5. The van der Waals surface area contributed by atoms with Gasteiger partial charge in [-0.2, -0.15) is 26.3 Å². The maximum Gasteiger partial charge on any atom is 0.417 e. The van der Waals surface area contributed by atoms with Crippen molar-refractivity contribution in [2.45, 2.75) is 126 Å². The van der Waals surface area contributed by atoms with Gasteiger partial charge in [0.1, 0.15) is 0 Å². The molecule has 0 bridgehead atoms. The second kappa shape index (κ2) is 22.2. The third-order valence-electron chi connectivity index (χ3n) is 16.3. The minimum Gasteiger partial charge on any atom is -0.396 e. The molecule has 6 atom stereocenters. The highest BCUT2D eigenvalue weighted by Gasteiger charge is 2.62. The number of Topliss-reactive ketones (excluding diaryl/α,β-unsaturated/α-hetero) is 2. The number of hydrogen-bond donors (Lipinski definition) is 4. The summed E-state index contributed by atoms with van der Waals surface area (Å²) in [5.74, 6) is -1.69. The SMILES string of the molecule is Cc1ncccc1CC(=O)c1ccc([C@]2(Cc3ccccc3)CC[C@](O)(C(F)(F)F)C[C@H]2CO)c(CO)c1.Cc1ncccc1CC(=O)c1ccc2c(c1)COC[C@@H]1C[C@@](O)(C(F)(F)F)CC[C@@]21Cc1ccccc1. The summed E-state index contributed by atoms with van der Waals surface area (Å²) in [6, 6.07) is 36.7. The van der Waals surface area contributed by atoms with Gasteiger partial charge >= 0.3 is 12.4 Å². The number of aromatic nitrogens is 2. The van der Waals surface area contributed by atoms with Crippen molar-refractivity contribution in [3.8, 4) is 0 Å². The smallest absolute Gasteiger partial charge is 0.396 e. The van der Waals surface area contributed by atoms with Crippen molar-refractivity contribution in [2.24, 2.45) is 11.8 Å².